The van der Waals surface area contributed by atoms with Crippen molar-refractivity contribution in [2.24, 2.45) is 0 Å². The van der Waals surface area contributed by atoms with Crippen LogP contribution in [0.4, 0.5) is 5.69 Å². The summed E-state index contributed by atoms with van der Waals surface area (Å²) >= 11 is 0. The van der Waals surface area contributed by atoms with Gasteiger partial charge in [0.1, 0.15) is 11.3 Å². The number of amides is 1. The molecule has 4 rings (SSSR count). The van der Waals surface area contributed by atoms with Crippen LogP contribution in [-0.4, -0.2) is 30.7 Å². The van der Waals surface area contributed by atoms with Gasteiger partial charge in [-0.05, 0) is 49.8 Å². The molecule has 0 radical (unpaired) electrons. The van der Waals surface area contributed by atoms with Crippen molar-refractivity contribution in [3.63, 3.8) is 0 Å². The summed E-state index contributed by atoms with van der Waals surface area (Å²) < 4.78 is 7.14. The third-order valence-corrected chi connectivity index (χ3v) is 5.98. The van der Waals surface area contributed by atoms with E-state index >= 15 is 0 Å². The number of ether oxygens (including phenoxy) is 1. The van der Waals surface area contributed by atoms with Gasteiger partial charge in [-0.2, -0.15) is 0 Å². The van der Waals surface area contributed by atoms with Crippen molar-refractivity contribution in [2.75, 3.05) is 25.1 Å². The molecule has 1 amide bonds. The van der Waals surface area contributed by atoms with Gasteiger partial charge in [0.2, 0.25) is 0 Å². The number of hydrogen-bond acceptors (Lipinski definition) is 4. The highest BCUT2D eigenvalue weighted by atomic mass is 16.5. The zero-order chi connectivity index (χ0) is 20.2. The Morgan fingerprint density at radius 3 is 2.48 bits per heavy atom. The number of hydrogen-bond donors (Lipinski definition) is 1. The Hall–Kier alpha value is -2.76. The summed E-state index contributed by atoms with van der Waals surface area (Å²) in [7, 11) is 1.51. The molecule has 0 unspecified atom stereocenters. The van der Waals surface area contributed by atoms with Crippen LogP contribution in [0, 0.1) is 0 Å². The molecular formula is C23H29N3O3. The molecule has 2 aromatic rings. The third kappa shape index (κ3) is 4.16. The molecule has 1 aromatic heterocycles. The highest BCUT2D eigenvalue weighted by Gasteiger charge is 2.23. The van der Waals surface area contributed by atoms with Gasteiger partial charge >= 0.3 is 0 Å². The first-order valence-electron chi connectivity index (χ1n) is 10.6. The van der Waals surface area contributed by atoms with E-state index in [0.717, 1.165) is 50.0 Å². The molecule has 0 saturated carbocycles. The average molecular weight is 396 g/mol. The molecule has 3 heterocycles. The summed E-state index contributed by atoms with van der Waals surface area (Å²) in [6, 6.07) is 9.83. The minimum atomic E-state index is -0.184. The number of carbonyl (C=O) groups excluding carboxylic acids is 1. The topological polar surface area (TPSA) is 63.6 Å². The van der Waals surface area contributed by atoms with Gasteiger partial charge in [-0.3, -0.25) is 9.59 Å². The van der Waals surface area contributed by atoms with Crippen molar-refractivity contribution >= 4 is 11.6 Å². The van der Waals surface area contributed by atoms with Gasteiger partial charge in [0.25, 0.3) is 11.5 Å². The molecule has 0 atom stereocenters. The van der Waals surface area contributed by atoms with Gasteiger partial charge in [0.05, 0.1) is 7.11 Å². The maximum absolute atomic E-state index is 13.1. The number of pyridine rings is 1. The molecule has 6 heteroatoms. The Morgan fingerprint density at radius 1 is 1.03 bits per heavy atom. The van der Waals surface area contributed by atoms with E-state index < -0.39 is 0 Å². The first-order chi connectivity index (χ1) is 14.2. The zero-order valence-electron chi connectivity index (χ0n) is 17.1. The van der Waals surface area contributed by atoms with E-state index in [9.17, 15) is 9.59 Å². The van der Waals surface area contributed by atoms with E-state index in [0.29, 0.717) is 24.4 Å². The van der Waals surface area contributed by atoms with Gasteiger partial charge < -0.3 is 19.5 Å². The van der Waals surface area contributed by atoms with Crippen LogP contribution in [0.2, 0.25) is 0 Å². The summed E-state index contributed by atoms with van der Waals surface area (Å²) in [4.78, 5) is 27.9. The van der Waals surface area contributed by atoms with Crippen LogP contribution >= 0.6 is 0 Å². The highest BCUT2D eigenvalue weighted by molar-refractivity contribution is 5.98. The van der Waals surface area contributed by atoms with Crippen LogP contribution in [0.3, 0.4) is 0 Å². The lowest BCUT2D eigenvalue weighted by atomic mass is 10.1. The standard InChI is InChI=1S/C23H29N3O3/c1-29-20-15-21(27)26-14-4-2-3-7-19(26)22(20)23(28)24-16-17-8-10-18(11-9-17)25-12-5-6-13-25/h8-11,15H,2-7,12-14,16H2,1H3,(H,24,28). The second-order valence-electron chi connectivity index (χ2n) is 7.88. The molecule has 2 aliphatic rings. The quantitative estimate of drug-likeness (QED) is 0.845. The molecule has 0 aliphatic carbocycles. The number of benzene rings is 1. The largest absolute Gasteiger partial charge is 0.496 e. The molecule has 1 aromatic carbocycles. The molecule has 6 nitrogen and oxygen atoms in total. The lowest BCUT2D eigenvalue weighted by Gasteiger charge is -2.18. The number of nitrogens with zero attached hydrogens (tertiary/aromatic N) is 2. The molecule has 2 aliphatic heterocycles. The first kappa shape index (κ1) is 19.6. The number of rotatable bonds is 5. The fraction of sp³-hybridized carbons (Fsp3) is 0.478. The van der Waals surface area contributed by atoms with E-state index in [1.807, 2.05) is 0 Å². The summed E-state index contributed by atoms with van der Waals surface area (Å²) in [5.74, 6) is 0.182. The number of carbonyl (C=O) groups is 1. The smallest absolute Gasteiger partial charge is 0.257 e. The van der Waals surface area contributed by atoms with E-state index in [-0.39, 0.29) is 11.5 Å². The minimum absolute atomic E-state index is 0.0900. The van der Waals surface area contributed by atoms with Gasteiger partial charge in [-0.1, -0.05) is 18.6 Å². The monoisotopic (exact) mass is 395 g/mol. The maximum Gasteiger partial charge on any atom is 0.257 e. The first-order valence-corrected chi connectivity index (χ1v) is 10.6. The lowest BCUT2D eigenvalue weighted by molar-refractivity contribution is 0.0945. The van der Waals surface area contributed by atoms with E-state index in [1.165, 1.54) is 31.7 Å². The highest BCUT2D eigenvalue weighted by Crippen LogP contribution is 2.25. The number of anilines is 1. The fourth-order valence-corrected chi connectivity index (χ4v) is 4.39. The number of nitrogens with one attached hydrogen (secondary N) is 1. The Morgan fingerprint density at radius 2 is 1.76 bits per heavy atom. The van der Waals surface area contributed by atoms with Crippen molar-refractivity contribution in [1.82, 2.24) is 9.88 Å². The second kappa shape index (κ2) is 8.72. The van der Waals surface area contributed by atoms with Crippen molar-refractivity contribution < 1.29 is 9.53 Å². The Labute approximate surface area is 171 Å². The number of aromatic nitrogens is 1. The number of fused-ring (bicyclic) bond motifs is 1. The van der Waals surface area contributed by atoms with Crippen LogP contribution in [-0.2, 0) is 19.5 Å². The lowest BCUT2D eigenvalue weighted by Crippen LogP contribution is -2.30. The molecule has 1 saturated heterocycles. The molecule has 0 bridgehead atoms. The summed E-state index contributed by atoms with van der Waals surface area (Å²) in [5.41, 5.74) is 3.51. The van der Waals surface area contributed by atoms with Crippen LogP contribution < -0.4 is 20.5 Å². The normalized spacial score (nSPS) is 16.2. The van der Waals surface area contributed by atoms with Crippen LogP contribution in [0.1, 0.15) is 53.7 Å². The molecule has 29 heavy (non-hydrogen) atoms. The van der Waals surface area contributed by atoms with Gasteiger partial charge in [0, 0.05) is 43.6 Å². The van der Waals surface area contributed by atoms with Crippen molar-refractivity contribution in [2.45, 2.75) is 51.6 Å². The van der Waals surface area contributed by atoms with E-state index in [1.54, 1.807) is 4.57 Å². The molecule has 0 spiro atoms. The molecular weight excluding hydrogens is 366 g/mol. The molecule has 154 valence electrons. The van der Waals surface area contributed by atoms with Crippen LogP contribution in [0.5, 0.6) is 5.75 Å². The van der Waals surface area contributed by atoms with Crippen molar-refractivity contribution in [3.05, 3.63) is 57.5 Å². The van der Waals surface area contributed by atoms with Crippen molar-refractivity contribution in [3.8, 4) is 5.75 Å². The fourth-order valence-electron chi connectivity index (χ4n) is 4.39. The maximum atomic E-state index is 13.1. The average Bonchev–Trinajstić information content (AvgIpc) is 3.17. The third-order valence-electron chi connectivity index (χ3n) is 5.98. The molecule has 1 N–H and O–H groups in total. The van der Waals surface area contributed by atoms with Gasteiger partial charge in [-0.15, -0.1) is 0 Å². The minimum Gasteiger partial charge on any atom is -0.496 e. The summed E-state index contributed by atoms with van der Waals surface area (Å²) in [6.07, 6.45) is 6.23. The Kier molecular flexibility index (Phi) is 5.88. The van der Waals surface area contributed by atoms with Gasteiger partial charge in [-0.25, -0.2) is 0 Å². The van der Waals surface area contributed by atoms with Crippen molar-refractivity contribution in [1.29, 1.82) is 0 Å². The Bertz CT molecular complexity index is 928. The van der Waals surface area contributed by atoms with Crippen LogP contribution in [0.25, 0.3) is 0 Å². The van der Waals surface area contributed by atoms with Crippen LogP contribution in [0.15, 0.2) is 35.1 Å². The number of methoxy groups -OCH3 is 1. The van der Waals surface area contributed by atoms with E-state index in [2.05, 4.69) is 34.5 Å². The summed E-state index contributed by atoms with van der Waals surface area (Å²) in [5, 5.41) is 3.02. The second-order valence-corrected chi connectivity index (χ2v) is 7.88. The molecule has 1 fully saturated rings. The SMILES string of the molecule is COc1cc(=O)n2c(c1C(=O)NCc1ccc(N3CCCC3)cc1)CCCCC2. The van der Waals surface area contributed by atoms with Gasteiger partial charge in [0.15, 0.2) is 0 Å². The Balaban J connectivity index is 1.51. The predicted octanol–water partition coefficient (Wildman–Crippen LogP) is 3.11. The predicted molar refractivity (Wildman–Crippen MR) is 114 cm³/mol. The summed E-state index contributed by atoms with van der Waals surface area (Å²) in [6.45, 7) is 3.35. The zero-order valence-corrected chi connectivity index (χ0v) is 17.1. The van der Waals surface area contributed by atoms with E-state index in [4.69, 9.17) is 4.74 Å².